The van der Waals surface area contributed by atoms with E-state index in [-0.39, 0.29) is 0 Å². The Bertz CT molecular complexity index is 180. The molecule has 0 radical (unpaired) electrons. The molecule has 0 saturated heterocycles. The zero-order valence-electron chi connectivity index (χ0n) is 9.73. The van der Waals surface area contributed by atoms with Gasteiger partial charge in [0.25, 0.3) is 5.95 Å². The van der Waals surface area contributed by atoms with E-state index in [1.54, 1.807) is 0 Å². The summed E-state index contributed by atoms with van der Waals surface area (Å²) < 4.78 is 11.3. The van der Waals surface area contributed by atoms with Gasteiger partial charge in [-0.25, -0.2) is 0 Å². The van der Waals surface area contributed by atoms with Gasteiger partial charge < -0.3 is 9.16 Å². The van der Waals surface area contributed by atoms with E-state index in [2.05, 4.69) is 33.5 Å². The van der Waals surface area contributed by atoms with Crippen LogP contribution in [-0.4, -0.2) is 14.9 Å². The van der Waals surface area contributed by atoms with Crippen molar-refractivity contribution in [3.8, 4) is 0 Å². The molecule has 0 unspecified atom stereocenters. The minimum atomic E-state index is -1.52. The minimum absolute atomic E-state index is 0.678. The van der Waals surface area contributed by atoms with E-state index in [0.717, 1.165) is 12.4 Å². The third kappa shape index (κ3) is 5.74. The predicted molar refractivity (Wildman–Crippen MR) is 59.0 cm³/mol. The van der Waals surface area contributed by atoms with E-state index in [4.69, 9.17) is 9.16 Å². The number of hydrogen-bond acceptors (Lipinski definition) is 2. The summed E-state index contributed by atoms with van der Waals surface area (Å²) in [4.78, 5) is 0. The molecule has 0 atom stereocenters. The van der Waals surface area contributed by atoms with Crippen molar-refractivity contribution in [2.45, 2.75) is 46.8 Å². The Hall–Kier alpha value is -0.443. The molecule has 0 saturated carbocycles. The van der Waals surface area contributed by atoms with Gasteiger partial charge in [-0.05, 0) is 39.9 Å². The van der Waals surface area contributed by atoms with Crippen LogP contribution in [0.2, 0.25) is 19.6 Å². The molecule has 3 heteroatoms. The van der Waals surface area contributed by atoms with Crippen LogP contribution in [-0.2, 0) is 9.16 Å². The third-order valence-electron chi connectivity index (χ3n) is 1.55. The summed E-state index contributed by atoms with van der Waals surface area (Å²) in [6, 6.07) is 0. The second-order valence-electron chi connectivity index (χ2n) is 4.07. The zero-order chi connectivity index (χ0) is 10.5. The van der Waals surface area contributed by atoms with E-state index in [1.165, 1.54) is 5.57 Å². The first-order valence-corrected chi connectivity index (χ1v) is 8.33. The van der Waals surface area contributed by atoms with Crippen molar-refractivity contribution >= 4 is 8.32 Å². The van der Waals surface area contributed by atoms with Crippen LogP contribution in [0.15, 0.2) is 11.5 Å². The Morgan fingerprint density at radius 2 is 1.69 bits per heavy atom. The first-order chi connectivity index (χ1) is 5.90. The fraction of sp³-hybridized carbons (Fsp3) is 0.800. The molecule has 0 aliphatic heterocycles. The summed E-state index contributed by atoms with van der Waals surface area (Å²) in [6.07, 6.45) is 0.986. The lowest BCUT2D eigenvalue weighted by atomic mass is 10.2. The van der Waals surface area contributed by atoms with Crippen LogP contribution in [0.5, 0.6) is 0 Å². The molecule has 0 rings (SSSR count). The van der Waals surface area contributed by atoms with Crippen LogP contribution in [0, 0.1) is 0 Å². The van der Waals surface area contributed by atoms with Crippen molar-refractivity contribution in [2.24, 2.45) is 0 Å². The van der Waals surface area contributed by atoms with Gasteiger partial charge in [-0.3, -0.25) is 0 Å². The van der Waals surface area contributed by atoms with E-state index >= 15 is 0 Å². The monoisotopic (exact) mass is 202 g/mol. The maximum atomic E-state index is 5.83. The maximum Gasteiger partial charge on any atom is 0.264 e. The van der Waals surface area contributed by atoms with Crippen LogP contribution >= 0.6 is 0 Å². The van der Waals surface area contributed by atoms with Gasteiger partial charge in [-0.1, -0.05) is 6.92 Å². The predicted octanol–water partition coefficient (Wildman–Crippen LogP) is 3.52. The van der Waals surface area contributed by atoms with Crippen LogP contribution < -0.4 is 0 Å². The number of ether oxygens (including phenoxy) is 1. The highest BCUT2D eigenvalue weighted by Gasteiger charge is 2.19. The van der Waals surface area contributed by atoms with Gasteiger partial charge >= 0.3 is 0 Å². The van der Waals surface area contributed by atoms with Crippen LogP contribution in [0.3, 0.4) is 0 Å². The maximum absolute atomic E-state index is 5.83. The fourth-order valence-electron chi connectivity index (χ4n) is 0.793. The molecule has 0 amide bonds. The van der Waals surface area contributed by atoms with E-state index in [1.807, 2.05) is 6.92 Å². The second-order valence-corrected chi connectivity index (χ2v) is 8.50. The van der Waals surface area contributed by atoms with Gasteiger partial charge in [0.15, 0.2) is 0 Å². The van der Waals surface area contributed by atoms with E-state index in [9.17, 15) is 0 Å². The molecule has 0 heterocycles. The van der Waals surface area contributed by atoms with Crippen molar-refractivity contribution < 1.29 is 9.16 Å². The topological polar surface area (TPSA) is 18.5 Å². The fourth-order valence-corrected chi connectivity index (χ4v) is 1.58. The summed E-state index contributed by atoms with van der Waals surface area (Å²) in [5.74, 6) is 0.754. The lowest BCUT2D eigenvalue weighted by Gasteiger charge is -2.22. The average Bonchev–Trinajstić information content (AvgIpc) is 2.00. The molecule has 0 N–H and O–H groups in total. The summed E-state index contributed by atoms with van der Waals surface area (Å²) in [6.45, 7) is 13.3. The second kappa shape index (κ2) is 5.32. The normalized spacial score (nSPS) is 13.7. The molecule has 13 heavy (non-hydrogen) atoms. The molecule has 0 aliphatic rings. The molecule has 0 fully saturated rings. The number of allylic oxidation sites excluding steroid dienone is 1. The standard InChI is InChI=1S/C10H22O2Si/c1-7-9(3)10(11-8-2)12-13(4,5)6/h7-8H2,1-6H3/b10-9+. The largest absolute Gasteiger partial charge is 0.520 e. The van der Waals surface area contributed by atoms with Crippen molar-refractivity contribution in [3.05, 3.63) is 11.5 Å². The van der Waals surface area contributed by atoms with Gasteiger partial charge in [0.05, 0.1) is 6.61 Å². The summed E-state index contributed by atoms with van der Waals surface area (Å²) in [7, 11) is -1.52. The quantitative estimate of drug-likeness (QED) is 0.501. The zero-order valence-corrected chi connectivity index (χ0v) is 10.7. The first kappa shape index (κ1) is 12.6. The number of rotatable bonds is 5. The summed E-state index contributed by atoms with van der Waals surface area (Å²) in [5, 5.41) is 0. The van der Waals surface area contributed by atoms with E-state index < -0.39 is 8.32 Å². The lowest BCUT2D eigenvalue weighted by molar-refractivity contribution is 0.107. The molecule has 0 aromatic heterocycles. The molecule has 0 aromatic rings. The Kier molecular flexibility index (Phi) is 5.14. The SMILES string of the molecule is CCO/C(O[Si](C)(C)C)=C(/C)CC. The molecule has 0 spiro atoms. The highest BCUT2D eigenvalue weighted by atomic mass is 28.4. The Balaban J connectivity index is 4.44. The van der Waals surface area contributed by atoms with Crippen molar-refractivity contribution in [1.29, 1.82) is 0 Å². The van der Waals surface area contributed by atoms with Crippen LogP contribution in [0.4, 0.5) is 0 Å². The van der Waals surface area contributed by atoms with Gasteiger partial charge in [-0.2, -0.15) is 0 Å². The van der Waals surface area contributed by atoms with Gasteiger partial charge in [-0.15, -0.1) is 0 Å². The molecular weight excluding hydrogens is 180 g/mol. The summed E-state index contributed by atoms with van der Waals surface area (Å²) >= 11 is 0. The molecule has 0 aromatic carbocycles. The van der Waals surface area contributed by atoms with Crippen molar-refractivity contribution in [3.63, 3.8) is 0 Å². The van der Waals surface area contributed by atoms with Crippen LogP contribution in [0.1, 0.15) is 27.2 Å². The average molecular weight is 202 g/mol. The third-order valence-corrected chi connectivity index (χ3v) is 2.35. The highest BCUT2D eigenvalue weighted by molar-refractivity contribution is 6.70. The Morgan fingerprint density at radius 1 is 1.15 bits per heavy atom. The number of hydrogen-bond donors (Lipinski definition) is 0. The Morgan fingerprint density at radius 3 is 2.00 bits per heavy atom. The Labute approximate surface area is 83.1 Å². The van der Waals surface area contributed by atoms with Crippen LogP contribution in [0.25, 0.3) is 0 Å². The summed E-state index contributed by atoms with van der Waals surface area (Å²) in [5.41, 5.74) is 1.20. The van der Waals surface area contributed by atoms with Crippen molar-refractivity contribution in [2.75, 3.05) is 6.61 Å². The van der Waals surface area contributed by atoms with Gasteiger partial charge in [0.2, 0.25) is 8.32 Å². The van der Waals surface area contributed by atoms with Crippen molar-refractivity contribution in [1.82, 2.24) is 0 Å². The smallest absolute Gasteiger partial charge is 0.264 e. The molecule has 2 nitrogen and oxygen atoms in total. The first-order valence-electron chi connectivity index (χ1n) is 4.92. The lowest BCUT2D eigenvalue weighted by Crippen LogP contribution is -2.26. The van der Waals surface area contributed by atoms with E-state index in [0.29, 0.717) is 6.61 Å². The van der Waals surface area contributed by atoms with Gasteiger partial charge in [0, 0.05) is 5.57 Å². The highest BCUT2D eigenvalue weighted by Crippen LogP contribution is 2.17. The molecular formula is C10H22O2Si. The molecule has 0 bridgehead atoms. The molecule has 0 aliphatic carbocycles. The minimum Gasteiger partial charge on any atom is -0.520 e. The molecule has 78 valence electrons. The van der Waals surface area contributed by atoms with Gasteiger partial charge in [0.1, 0.15) is 0 Å².